The van der Waals surface area contributed by atoms with Gasteiger partial charge >= 0.3 is 6.09 Å². The highest BCUT2D eigenvalue weighted by Crippen LogP contribution is 2.25. The molecule has 17 heavy (non-hydrogen) atoms. The van der Waals surface area contributed by atoms with E-state index in [2.05, 4.69) is 5.32 Å². The summed E-state index contributed by atoms with van der Waals surface area (Å²) < 4.78 is 5.01. The highest BCUT2D eigenvalue weighted by Gasteiger charge is 2.40. The third kappa shape index (κ3) is 2.22. The van der Waals surface area contributed by atoms with Gasteiger partial charge in [-0.05, 0) is 5.56 Å². The van der Waals surface area contributed by atoms with Gasteiger partial charge in [-0.15, -0.1) is 0 Å². The smallest absolute Gasteiger partial charge is 0.408 e. The monoisotopic (exact) mass is 234 g/mol. The molecule has 1 saturated heterocycles. The van der Waals surface area contributed by atoms with Gasteiger partial charge < -0.3 is 15.0 Å². The molecule has 0 aromatic heterocycles. The molecule has 0 saturated carbocycles. The topological polar surface area (TPSA) is 58.6 Å². The van der Waals surface area contributed by atoms with Crippen molar-refractivity contribution in [2.24, 2.45) is 0 Å². The predicted molar refractivity (Wildman–Crippen MR) is 61.3 cm³/mol. The summed E-state index contributed by atoms with van der Waals surface area (Å²) in [5.74, 6) is -0.225. The maximum atomic E-state index is 11.9. The summed E-state index contributed by atoms with van der Waals surface area (Å²) in [6.07, 6.45) is -1.35. The molecule has 0 unspecified atom stereocenters. The minimum absolute atomic E-state index is 0.225. The number of nitrogens with one attached hydrogen (secondary N) is 1. The zero-order valence-corrected chi connectivity index (χ0v) is 9.71. The van der Waals surface area contributed by atoms with Crippen LogP contribution in [0.1, 0.15) is 11.6 Å². The maximum absolute atomic E-state index is 11.9. The lowest BCUT2D eigenvalue weighted by molar-refractivity contribution is -0.137. The van der Waals surface area contributed by atoms with Gasteiger partial charge in [0.05, 0.1) is 0 Å². The Bertz CT molecular complexity index is 431. The van der Waals surface area contributed by atoms with Crippen LogP contribution in [0.2, 0.25) is 0 Å². The fourth-order valence-corrected chi connectivity index (χ4v) is 1.79. The number of carbonyl (C=O) groups is 2. The molecule has 5 heteroatoms. The average Bonchev–Trinajstić information content (AvgIpc) is 2.71. The van der Waals surface area contributed by atoms with Crippen LogP contribution in [0.15, 0.2) is 30.3 Å². The van der Waals surface area contributed by atoms with E-state index in [0.29, 0.717) is 0 Å². The number of rotatable bonds is 2. The molecule has 2 rings (SSSR count). The van der Waals surface area contributed by atoms with Crippen molar-refractivity contribution in [3.05, 3.63) is 35.9 Å². The summed E-state index contributed by atoms with van der Waals surface area (Å²) in [7, 11) is 3.27. The molecule has 1 heterocycles. The van der Waals surface area contributed by atoms with Crippen molar-refractivity contribution in [2.45, 2.75) is 12.1 Å². The minimum atomic E-state index is -0.792. The number of hydrogen-bond donors (Lipinski definition) is 1. The lowest BCUT2D eigenvalue weighted by Gasteiger charge is -2.19. The zero-order chi connectivity index (χ0) is 12.4. The summed E-state index contributed by atoms with van der Waals surface area (Å²) in [6, 6.07) is 8.89. The molecule has 2 amide bonds. The van der Waals surface area contributed by atoms with E-state index >= 15 is 0 Å². The van der Waals surface area contributed by atoms with Crippen molar-refractivity contribution < 1.29 is 14.3 Å². The molecule has 0 aliphatic carbocycles. The van der Waals surface area contributed by atoms with E-state index in [1.807, 2.05) is 30.3 Å². The Morgan fingerprint density at radius 3 is 2.53 bits per heavy atom. The summed E-state index contributed by atoms with van der Waals surface area (Å²) in [6.45, 7) is 0. The number of carbonyl (C=O) groups excluding carboxylic acids is 2. The Balaban J connectivity index is 2.26. The molecule has 1 aromatic rings. The van der Waals surface area contributed by atoms with Crippen LogP contribution < -0.4 is 5.32 Å². The second-order valence-corrected chi connectivity index (χ2v) is 4.09. The Kier molecular flexibility index (Phi) is 2.99. The van der Waals surface area contributed by atoms with Crippen LogP contribution in [-0.2, 0) is 9.53 Å². The standard InChI is InChI=1S/C12H14N2O3/c1-14(2)11(15)10-9(13-12(16)17-10)8-6-4-3-5-7-8/h3-7,9-10H,1-2H3,(H,13,16)/t9-,10-/m1/s1. The number of likely N-dealkylation sites (N-methyl/N-ethyl adjacent to an activating group) is 1. The van der Waals surface area contributed by atoms with Crippen molar-refractivity contribution >= 4 is 12.0 Å². The molecule has 0 bridgehead atoms. The van der Waals surface area contributed by atoms with Gasteiger partial charge in [0, 0.05) is 14.1 Å². The Morgan fingerprint density at radius 2 is 1.94 bits per heavy atom. The fraction of sp³-hybridized carbons (Fsp3) is 0.333. The summed E-state index contributed by atoms with van der Waals surface area (Å²) in [4.78, 5) is 24.6. The lowest BCUT2D eigenvalue weighted by atomic mass is 10.0. The van der Waals surface area contributed by atoms with Crippen LogP contribution in [0, 0.1) is 0 Å². The van der Waals surface area contributed by atoms with Crippen molar-refractivity contribution in [1.82, 2.24) is 10.2 Å². The first-order valence-corrected chi connectivity index (χ1v) is 5.33. The minimum Gasteiger partial charge on any atom is -0.433 e. The van der Waals surface area contributed by atoms with E-state index in [0.717, 1.165) is 5.56 Å². The third-order valence-electron chi connectivity index (χ3n) is 2.65. The molecule has 0 radical (unpaired) electrons. The molecule has 1 aliphatic rings. The van der Waals surface area contributed by atoms with Crippen LogP contribution in [-0.4, -0.2) is 37.1 Å². The highest BCUT2D eigenvalue weighted by molar-refractivity contribution is 5.87. The number of cyclic esters (lactones) is 1. The number of hydrogen-bond acceptors (Lipinski definition) is 3. The van der Waals surface area contributed by atoms with E-state index in [4.69, 9.17) is 4.74 Å². The van der Waals surface area contributed by atoms with E-state index in [1.54, 1.807) is 14.1 Å². The molecule has 5 nitrogen and oxygen atoms in total. The Morgan fingerprint density at radius 1 is 1.29 bits per heavy atom. The quantitative estimate of drug-likeness (QED) is 0.828. The van der Waals surface area contributed by atoms with E-state index in [1.165, 1.54) is 4.90 Å². The van der Waals surface area contributed by atoms with Crippen LogP contribution >= 0.6 is 0 Å². The van der Waals surface area contributed by atoms with Crippen LogP contribution in [0.3, 0.4) is 0 Å². The number of amides is 2. The molecule has 1 fully saturated rings. The Hall–Kier alpha value is -2.04. The number of benzene rings is 1. The predicted octanol–water partition coefficient (Wildman–Crippen LogP) is 0.924. The SMILES string of the molecule is CN(C)C(=O)[C@@H]1OC(=O)N[C@@H]1c1ccccc1. The van der Waals surface area contributed by atoms with Gasteiger partial charge in [0.25, 0.3) is 5.91 Å². The molecular formula is C12H14N2O3. The first-order chi connectivity index (χ1) is 8.09. The zero-order valence-electron chi connectivity index (χ0n) is 9.71. The molecule has 90 valence electrons. The van der Waals surface area contributed by atoms with Gasteiger partial charge in [0.2, 0.25) is 6.10 Å². The molecular weight excluding hydrogens is 220 g/mol. The van der Waals surface area contributed by atoms with Crippen molar-refractivity contribution in [2.75, 3.05) is 14.1 Å². The first kappa shape index (κ1) is 11.4. The summed E-state index contributed by atoms with van der Waals surface area (Å²) in [5.41, 5.74) is 0.860. The maximum Gasteiger partial charge on any atom is 0.408 e. The van der Waals surface area contributed by atoms with Crippen LogP contribution in [0.25, 0.3) is 0 Å². The molecule has 1 N–H and O–H groups in total. The van der Waals surface area contributed by atoms with Crippen molar-refractivity contribution in [1.29, 1.82) is 0 Å². The second kappa shape index (κ2) is 4.45. The highest BCUT2D eigenvalue weighted by atomic mass is 16.6. The van der Waals surface area contributed by atoms with Gasteiger partial charge in [0.1, 0.15) is 6.04 Å². The number of ether oxygens (including phenoxy) is 1. The average molecular weight is 234 g/mol. The fourth-order valence-electron chi connectivity index (χ4n) is 1.79. The van der Waals surface area contributed by atoms with Crippen molar-refractivity contribution in [3.8, 4) is 0 Å². The molecule has 1 aliphatic heterocycles. The van der Waals surface area contributed by atoms with Gasteiger partial charge in [-0.2, -0.15) is 0 Å². The van der Waals surface area contributed by atoms with Gasteiger partial charge in [-0.25, -0.2) is 4.79 Å². The number of alkyl carbamates (subject to hydrolysis) is 1. The van der Waals surface area contributed by atoms with E-state index in [-0.39, 0.29) is 5.91 Å². The van der Waals surface area contributed by atoms with Crippen LogP contribution in [0.4, 0.5) is 4.79 Å². The van der Waals surface area contributed by atoms with Gasteiger partial charge in [-0.3, -0.25) is 4.79 Å². The van der Waals surface area contributed by atoms with E-state index < -0.39 is 18.2 Å². The second-order valence-electron chi connectivity index (χ2n) is 4.09. The first-order valence-electron chi connectivity index (χ1n) is 5.33. The van der Waals surface area contributed by atoms with E-state index in [9.17, 15) is 9.59 Å². The summed E-state index contributed by atoms with van der Waals surface area (Å²) in [5, 5.41) is 2.65. The van der Waals surface area contributed by atoms with Gasteiger partial charge in [0.15, 0.2) is 0 Å². The molecule has 1 aromatic carbocycles. The number of nitrogens with zero attached hydrogens (tertiary/aromatic N) is 1. The Labute approximate surface area is 99.4 Å². The third-order valence-corrected chi connectivity index (χ3v) is 2.65. The molecule has 0 spiro atoms. The van der Waals surface area contributed by atoms with Crippen molar-refractivity contribution in [3.63, 3.8) is 0 Å². The van der Waals surface area contributed by atoms with Gasteiger partial charge in [-0.1, -0.05) is 30.3 Å². The largest absolute Gasteiger partial charge is 0.433 e. The molecule has 2 atom stereocenters. The normalized spacial score (nSPS) is 22.8. The van der Waals surface area contributed by atoms with Crippen LogP contribution in [0.5, 0.6) is 0 Å². The summed E-state index contributed by atoms with van der Waals surface area (Å²) >= 11 is 0. The lowest BCUT2D eigenvalue weighted by Crippen LogP contribution is -2.37.